The number of piperidine rings is 1. The number of hydroxylamine groups is 2. The highest BCUT2D eigenvalue weighted by Crippen LogP contribution is 2.61. The number of nitrogens with one attached hydrogen (secondary N) is 1. The fourth-order valence-electron chi connectivity index (χ4n) is 3.87. The lowest BCUT2D eigenvalue weighted by Gasteiger charge is -2.34. The molecule has 1 saturated carbocycles. The second-order valence-corrected chi connectivity index (χ2v) is 7.42. The predicted molar refractivity (Wildman–Crippen MR) is 84.1 cm³/mol. The highest BCUT2D eigenvalue weighted by Gasteiger charge is 2.63. The van der Waals surface area contributed by atoms with E-state index < -0.39 is 0 Å². The van der Waals surface area contributed by atoms with Crippen molar-refractivity contribution in [3.8, 4) is 0 Å². The largest absolute Gasteiger partial charge is 0.423 e. The molecule has 2 saturated heterocycles. The van der Waals surface area contributed by atoms with Gasteiger partial charge in [0.1, 0.15) is 6.04 Å². The number of hydrogen-bond donors (Lipinski definition) is 2. The molecule has 3 fully saturated rings. The summed E-state index contributed by atoms with van der Waals surface area (Å²) in [4.78, 5) is 14.0. The van der Waals surface area contributed by atoms with Gasteiger partial charge in [0, 0.05) is 18.8 Å². The van der Waals surface area contributed by atoms with Crippen LogP contribution in [0.2, 0.25) is 0 Å². The Hall–Kier alpha value is -2.09. The summed E-state index contributed by atoms with van der Waals surface area (Å²) in [5.74, 6) is 1.08. The molecule has 3 atom stereocenters. The van der Waals surface area contributed by atoms with Crippen molar-refractivity contribution in [3.05, 3.63) is 24.1 Å². The van der Waals surface area contributed by atoms with Gasteiger partial charge in [-0.15, -0.1) is 10.2 Å². The van der Waals surface area contributed by atoms with Gasteiger partial charge in [-0.3, -0.25) is 5.21 Å². The van der Waals surface area contributed by atoms with Crippen LogP contribution in [-0.2, 0) is 0 Å². The first-order valence-electron chi connectivity index (χ1n) is 8.43. The van der Waals surface area contributed by atoms with Crippen LogP contribution >= 0.6 is 0 Å². The molecule has 8 nitrogen and oxygen atoms in total. The van der Waals surface area contributed by atoms with E-state index in [1.54, 1.807) is 4.90 Å². The first kappa shape index (κ1) is 15.4. The third-order valence-corrected chi connectivity index (χ3v) is 5.55. The average Bonchev–Trinajstić information content (AvgIpc) is 3.05. The standard InChI is InChI=1S/C16H23N5O3/c1-9(2)17-7-10(3)13-18-19-14(24-13)11-6-16(4-5-16)12-8-20(11)15(22)21(12)23/h10-12,17,23H,1,4-8H2,2-3H3/t10?,11-,12-/m0/s1. The van der Waals surface area contributed by atoms with Crippen LogP contribution in [0, 0.1) is 5.41 Å². The molecule has 8 heteroatoms. The van der Waals surface area contributed by atoms with E-state index in [0.29, 0.717) is 24.9 Å². The van der Waals surface area contributed by atoms with E-state index in [-0.39, 0.29) is 29.4 Å². The molecular formula is C16H23N5O3. The summed E-state index contributed by atoms with van der Waals surface area (Å²) < 4.78 is 5.89. The minimum atomic E-state index is -0.356. The number of allylic oxidation sites excluding steroid dienone is 1. The molecule has 2 aliphatic heterocycles. The highest BCUT2D eigenvalue weighted by atomic mass is 16.5. The molecule has 1 aromatic rings. The van der Waals surface area contributed by atoms with Crippen LogP contribution in [0.1, 0.15) is 56.9 Å². The van der Waals surface area contributed by atoms with Gasteiger partial charge in [-0.05, 0) is 31.6 Å². The zero-order chi connectivity index (χ0) is 17.1. The van der Waals surface area contributed by atoms with E-state index in [1.165, 1.54) is 0 Å². The number of hydrogen-bond acceptors (Lipinski definition) is 6. The molecule has 1 spiro atoms. The van der Waals surface area contributed by atoms with Crippen LogP contribution in [0.25, 0.3) is 0 Å². The van der Waals surface area contributed by atoms with Gasteiger partial charge < -0.3 is 14.6 Å². The van der Waals surface area contributed by atoms with E-state index in [0.717, 1.165) is 30.0 Å². The predicted octanol–water partition coefficient (Wildman–Crippen LogP) is 2.02. The van der Waals surface area contributed by atoms with Gasteiger partial charge in [0.25, 0.3) is 0 Å². The second kappa shape index (κ2) is 5.20. The van der Waals surface area contributed by atoms with Crippen molar-refractivity contribution in [2.75, 3.05) is 13.1 Å². The summed E-state index contributed by atoms with van der Waals surface area (Å²) >= 11 is 0. The van der Waals surface area contributed by atoms with Crippen molar-refractivity contribution in [3.63, 3.8) is 0 Å². The zero-order valence-electron chi connectivity index (χ0n) is 14.0. The van der Waals surface area contributed by atoms with Crippen molar-refractivity contribution in [2.45, 2.75) is 51.1 Å². The Bertz CT molecular complexity index is 683. The molecule has 3 aliphatic rings. The molecule has 1 unspecified atom stereocenters. The molecule has 24 heavy (non-hydrogen) atoms. The van der Waals surface area contributed by atoms with Crippen LogP contribution < -0.4 is 5.32 Å². The van der Waals surface area contributed by atoms with Gasteiger partial charge in [0.05, 0.1) is 12.0 Å². The summed E-state index contributed by atoms with van der Waals surface area (Å²) in [5.41, 5.74) is 0.908. The molecule has 0 aromatic carbocycles. The molecular weight excluding hydrogens is 310 g/mol. The lowest BCUT2D eigenvalue weighted by molar-refractivity contribution is -0.0783. The number of urea groups is 1. The van der Waals surface area contributed by atoms with Gasteiger partial charge in [-0.1, -0.05) is 13.5 Å². The maximum Gasteiger partial charge on any atom is 0.344 e. The molecule has 4 rings (SSSR count). The molecule has 130 valence electrons. The molecule has 3 heterocycles. The topological polar surface area (TPSA) is 94.7 Å². The van der Waals surface area contributed by atoms with Crippen LogP contribution in [0.15, 0.2) is 16.7 Å². The van der Waals surface area contributed by atoms with Gasteiger partial charge in [-0.25, -0.2) is 9.86 Å². The summed E-state index contributed by atoms with van der Waals surface area (Å²) in [6.45, 7) is 8.92. The monoisotopic (exact) mass is 333 g/mol. The van der Waals surface area contributed by atoms with Gasteiger partial charge in [0.2, 0.25) is 11.8 Å². The number of aromatic nitrogens is 2. The Morgan fingerprint density at radius 1 is 1.54 bits per heavy atom. The Kier molecular flexibility index (Phi) is 3.35. The fourth-order valence-corrected chi connectivity index (χ4v) is 3.87. The third-order valence-electron chi connectivity index (χ3n) is 5.55. The van der Waals surface area contributed by atoms with Gasteiger partial charge >= 0.3 is 6.03 Å². The number of carbonyl (C=O) groups excluding carboxylic acids is 1. The minimum Gasteiger partial charge on any atom is -0.423 e. The summed E-state index contributed by atoms with van der Waals surface area (Å²) in [5, 5.41) is 22.5. The SMILES string of the molecule is C=C(C)NCC(C)c1nnc([C@@H]2CC3(CC3)[C@@H]3CN2C(=O)N3O)o1. The Labute approximate surface area is 140 Å². The molecule has 0 radical (unpaired) electrons. The first-order chi connectivity index (χ1) is 11.4. The summed E-state index contributed by atoms with van der Waals surface area (Å²) in [6, 6.07) is -0.691. The quantitative estimate of drug-likeness (QED) is 0.801. The Morgan fingerprint density at radius 3 is 2.96 bits per heavy atom. The maximum atomic E-state index is 12.3. The lowest BCUT2D eigenvalue weighted by atomic mass is 9.85. The highest BCUT2D eigenvalue weighted by molar-refractivity contribution is 5.77. The van der Waals surface area contributed by atoms with E-state index >= 15 is 0 Å². The van der Waals surface area contributed by atoms with Crippen molar-refractivity contribution in [2.24, 2.45) is 5.41 Å². The van der Waals surface area contributed by atoms with Crippen molar-refractivity contribution < 1.29 is 14.4 Å². The van der Waals surface area contributed by atoms with E-state index in [2.05, 4.69) is 22.1 Å². The van der Waals surface area contributed by atoms with Gasteiger partial charge in [0.15, 0.2) is 0 Å². The van der Waals surface area contributed by atoms with Crippen LogP contribution in [0.3, 0.4) is 0 Å². The molecule has 1 aliphatic carbocycles. The second-order valence-electron chi connectivity index (χ2n) is 7.42. The number of amides is 2. The number of carbonyl (C=O) groups is 1. The summed E-state index contributed by atoms with van der Waals surface area (Å²) in [7, 11) is 0. The van der Waals surface area contributed by atoms with Crippen molar-refractivity contribution >= 4 is 6.03 Å². The molecule has 2 N–H and O–H groups in total. The van der Waals surface area contributed by atoms with E-state index in [4.69, 9.17) is 4.42 Å². The van der Waals surface area contributed by atoms with E-state index in [1.807, 2.05) is 13.8 Å². The molecule has 2 amide bonds. The molecule has 1 aromatic heterocycles. The van der Waals surface area contributed by atoms with Crippen molar-refractivity contribution in [1.82, 2.24) is 25.5 Å². The van der Waals surface area contributed by atoms with Crippen LogP contribution in [0.4, 0.5) is 4.79 Å². The Morgan fingerprint density at radius 2 is 2.29 bits per heavy atom. The average molecular weight is 333 g/mol. The van der Waals surface area contributed by atoms with E-state index in [9.17, 15) is 10.0 Å². The smallest absolute Gasteiger partial charge is 0.344 e. The normalized spacial score (nSPS) is 28.4. The number of nitrogens with zero attached hydrogens (tertiary/aromatic N) is 4. The lowest BCUT2D eigenvalue weighted by Crippen LogP contribution is -2.41. The fraction of sp³-hybridized carbons (Fsp3) is 0.688. The first-order valence-corrected chi connectivity index (χ1v) is 8.43. The van der Waals surface area contributed by atoms with Crippen LogP contribution in [-0.4, -0.2) is 50.5 Å². The molecule has 2 bridgehead atoms. The number of fused-ring (bicyclic) bond motifs is 3. The third kappa shape index (κ3) is 2.28. The van der Waals surface area contributed by atoms with Gasteiger partial charge in [-0.2, -0.15) is 0 Å². The minimum absolute atomic E-state index is 0.0177. The Balaban J connectivity index is 1.54. The van der Waals surface area contributed by atoms with Crippen molar-refractivity contribution in [1.29, 1.82) is 0 Å². The maximum absolute atomic E-state index is 12.3. The number of rotatable bonds is 5. The van der Waals surface area contributed by atoms with Crippen LogP contribution in [0.5, 0.6) is 0 Å². The zero-order valence-corrected chi connectivity index (χ0v) is 14.0. The summed E-state index contributed by atoms with van der Waals surface area (Å²) in [6.07, 6.45) is 2.85.